The highest BCUT2D eigenvalue weighted by Crippen LogP contribution is 2.37. The lowest BCUT2D eigenvalue weighted by Gasteiger charge is -2.42. The van der Waals surface area contributed by atoms with Gasteiger partial charge in [-0.15, -0.1) is 0 Å². The molecule has 1 amide bonds. The number of piperidine rings is 1. The van der Waals surface area contributed by atoms with Gasteiger partial charge in [-0.1, -0.05) is 49.5 Å². The minimum absolute atomic E-state index is 0.00960. The number of esters is 1. The summed E-state index contributed by atoms with van der Waals surface area (Å²) < 4.78 is 50.8. The number of aliphatic hydroxyl groups is 4. The van der Waals surface area contributed by atoms with E-state index in [0.717, 1.165) is 4.90 Å². The monoisotopic (exact) mass is 967 g/mol. The number of carbonyl (C=O) groups is 5. The maximum absolute atomic E-state index is 14.2. The van der Waals surface area contributed by atoms with Crippen molar-refractivity contribution in [3.05, 3.63) is 48.1 Å². The van der Waals surface area contributed by atoms with Crippen LogP contribution in [0.15, 0.2) is 48.1 Å². The summed E-state index contributed by atoms with van der Waals surface area (Å²) in [6.07, 6.45) is 8.85. The first kappa shape index (κ1) is 57.9. The molecule has 11 atom stereocenters. The Kier molecular flexibility index (Phi) is 24.4. The van der Waals surface area contributed by atoms with Crippen LogP contribution in [0.4, 0.5) is 0 Å². The topological polar surface area (TPSA) is 253 Å². The van der Waals surface area contributed by atoms with Crippen molar-refractivity contribution < 1.29 is 71.8 Å². The van der Waals surface area contributed by atoms with Crippen LogP contribution in [0.3, 0.4) is 0 Å². The Balaban J connectivity index is 1.80. The zero-order valence-electron chi connectivity index (χ0n) is 40.4. The number of rotatable bonds is 28. The summed E-state index contributed by atoms with van der Waals surface area (Å²) in [5.41, 5.74) is 0.936. The number of aliphatic hydroxyl groups excluding tert-OH is 3. The number of likely N-dealkylation sites (tertiary alicyclic amines) is 1. The van der Waals surface area contributed by atoms with Gasteiger partial charge in [-0.05, 0) is 116 Å². The van der Waals surface area contributed by atoms with E-state index in [4.69, 9.17) is 18.9 Å². The molecule has 67 heavy (non-hydrogen) atoms. The SMILES string of the molecule is C=C/C=C(\C)[C@H](C[C@@H]1CC[C@@H](C)[C@](O)(C(=O)C(=O)N2CCCC[C@H]2C(=O)O[C@H](CC[C@@H]2CC[C@@H](O)[C@H](OC)C2)CC(=O)C/C=C(\C)[C@@H](O)[C@@H](OC)C(=O)CCC/C=C/C)O1)NS(=O)(=O)CCO. The van der Waals surface area contributed by atoms with E-state index < -0.39 is 94.4 Å². The fourth-order valence-electron chi connectivity index (χ4n) is 9.18. The van der Waals surface area contributed by atoms with Crippen LogP contribution in [-0.2, 0) is 52.9 Å². The van der Waals surface area contributed by atoms with Crippen molar-refractivity contribution in [3.8, 4) is 0 Å². The van der Waals surface area contributed by atoms with Gasteiger partial charge in [0.05, 0.1) is 30.7 Å². The van der Waals surface area contributed by atoms with Gasteiger partial charge in [0, 0.05) is 52.0 Å². The summed E-state index contributed by atoms with van der Waals surface area (Å²) in [5, 5.41) is 42.5. The molecule has 1 saturated carbocycles. The lowest BCUT2D eigenvalue weighted by molar-refractivity contribution is -0.264. The Morgan fingerprint density at radius 3 is 2.43 bits per heavy atom. The maximum atomic E-state index is 14.2. The second-order valence-electron chi connectivity index (χ2n) is 18.4. The van der Waals surface area contributed by atoms with Gasteiger partial charge in [-0.3, -0.25) is 19.2 Å². The fourth-order valence-corrected chi connectivity index (χ4v) is 10.3. The highest BCUT2D eigenvalue weighted by atomic mass is 32.2. The van der Waals surface area contributed by atoms with E-state index in [2.05, 4.69) is 11.3 Å². The molecular weight excluding hydrogens is 889 g/mol. The molecule has 0 spiro atoms. The molecule has 0 aromatic heterocycles. The number of nitrogens with zero attached hydrogens (tertiary/aromatic N) is 1. The van der Waals surface area contributed by atoms with Crippen LogP contribution >= 0.6 is 0 Å². The number of hydrogen-bond donors (Lipinski definition) is 5. The Morgan fingerprint density at radius 1 is 1.04 bits per heavy atom. The van der Waals surface area contributed by atoms with Gasteiger partial charge in [-0.25, -0.2) is 17.9 Å². The first-order chi connectivity index (χ1) is 31.7. The number of allylic oxidation sites excluding steroid dienone is 5. The zero-order chi connectivity index (χ0) is 49.9. The summed E-state index contributed by atoms with van der Waals surface area (Å²) in [6.45, 7) is 9.82. The zero-order valence-corrected chi connectivity index (χ0v) is 41.3. The predicted octanol–water partition coefficient (Wildman–Crippen LogP) is 4.10. The molecule has 0 radical (unpaired) electrons. The van der Waals surface area contributed by atoms with Crippen LogP contribution in [0.5, 0.6) is 0 Å². The standard InChI is InChI=1S/C49H78N2O15S/c1-8-10-11-12-17-42(55)45(64-7)44(56)33(4)18-22-36(53)30-37(24-20-35-21-25-41(54)43(29-35)63-6)65-48(59)40-16-13-14-26-51(40)47(58)46(57)49(60)34(5)19-23-38(66-49)31-39(32(3)15-9-2)50-67(61,62)28-27-52/h8-10,15,18,34-35,37-41,43-45,50,52,54,56,60H,2,11-14,16-17,19-31H2,1,3-7H3/b10-8+,32-15+,33-18+/t34-,35-,37-,38+,39+,40+,41-,43-,44-,45+,49-/m1/s1. The number of carbonyl (C=O) groups excluding carboxylic acids is 5. The van der Waals surface area contributed by atoms with Gasteiger partial charge in [0.15, 0.2) is 5.78 Å². The quantitative estimate of drug-likeness (QED) is 0.0243. The van der Waals surface area contributed by atoms with Crippen molar-refractivity contribution in [1.82, 2.24) is 9.62 Å². The van der Waals surface area contributed by atoms with Gasteiger partial charge in [0.2, 0.25) is 15.8 Å². The maximum Gasteiger partial charge on any atom is 0.329 e. The molecule has 17 nitrogen and oxygen atoms in total. The molecule has 2 saturated heterocycles. The summed E-state index contributed by atoms with van der Waals surface area (Å²) >= 11 is 0. The smallest absolute Gasteiger partial charge is 0.329 e. The van der Waals surface area contributed by atoms with Gasteiger partial charge in [0.1, 0.15) is 30.1 Å². The van der Waals surface area contributed by atoms with E-state index in [1.807, 2.05) is 19.1 Å². The fraction of sp³-hybridized carbons (Fsp3) is 0.735. The first-order valence-electron chi connectivity index (χ1n) is 23.9. The van der Waals surface area contributed by atoms with Gasteiger partial charge in [0.25, 0.3) is 11.7 Å². The number of nitrogens with one attached hydrogen (secondary N) is 1. The Labute approximate surface area is 397 Å². The average Bonchev–Trinajstić information content (AvgIpc) is 3.29. The van der Waals surface area contributed by atoms with Crippen LogP contribution < -0.4 is 4.72 Å². The van der Waals surface area contributed by atoms with Crippen molar-refractivity contribution in [1.29, 1.82) is 0 Å². The predicted molar refractivity (Wildman–Crippen MR) is 251 cm³/mol. The second-order valence-corrected chi connectivity index (χ2v) is 20.3. The van der Waals surface area contributed by atoms with E-state index in [0.29, 0.717) is 68.9 Å². The second kappa shape index (κ2) is 28.3. The molecule has 3 aliphatic rings. The summed E-state index contributed by atoms with van der Waals surface area (Å²) in [7, 11) is -1.04. The number of unbranched alkanes of at least 4 members (excludes halogenated alkanes) is 1. The molecule has 1 aliphatic carbocycles. The summed E-state index contributed by atoms with van der Waals surface area (Å²) in [4.78, 5) is 70.0. The van der Waals surface area contributed by atoms with E-state index in [-0.39, 0.29) is 75.1 Å². The molecule has 3 fully saturated rings. The van der Waals surface area contributed by atoms with Crippen LogP contribution in [0, 0.1) is 11.8 Å². The summed E-state index contributed by atoms with van der Waals surface area (Å²) in [5.74, 6) is -7.65. The van der Waals surface area contributed by atoms with Crippen LogP contribution in [0.2, 0.25) is 0 Å². The minimum atomic E-state index is -3.92. The van der Waals surface area contributed by atoms with Gasteiger partial charge in [-0.2, -0.15) is 0 Å². The minimum Gasteiger partial charge on any atom is -0.460 e. The van der Waals surface area contributed by atoms with E-state index >= 15 is 0 Å². The van der Waals surface area contributed by atoms with Crippen LogP contribution in [0.25, 0.3) is 0 Å². The molecule has 5 N–H and O–H groups in total. The number of methoxy groups -OCH3 is 2. The van der Waals surface area contributed by atoms with Crippen molar-refractivity contribution in [2.45, 2.75) is 185 Å². The number of ether oxygens (including phenoxy) is 4. The van der Waals surface area contributed by atoms with E-state index in [9.17, 15) is 52.8 Å². The normalized spacial score (nSPS) is 27.2. The Morgan fingerprint density at radius 2 is 1.78 bits per heavy atom. The molecule has 0 bridgehead atoms. The third-order valence-corrected chi connectivity index (χ3v) is 14.8. The number of hydrogen-bond acceptors (Lipinski definition) is 15. The molecule has 2 aliphatic heterocycles. The third-order valence-electron chi connectivity index (χ3n) is 13.4. The Hall–Kier alpha value is -3.46. The molecule has 2 heterocycles. The largest absolute Gasteiger partial charge is 0.460 e. The number of amides is 1. The summed E-state index contributed by atoms with van der Waals surface area (Å²) in [6, 6.07) is -2.05. The molecular formula is C49H78N2O15S. The lowest BCUT2D eigenvalue weighted by Crippen LogP contribution is -2.61. The van der Waals surface area contributed by atoms with Crippen LogP contribution in [0.1, 0.15) is 130 Å². The first-order valence-corrected chi connectivity index (χ1v) is 25.5. The van der Waals surface area contributed by atoms with Crippen molar-refractivity contribution >= 4 is 39.2 Å². The van der Waals surface area contributed by atoms with E-state index in [1.165, 1.54) is 26.4 Å². The number of ketones is 3. The molecule has 0 unspecified atom stereocenters. The molecule has 0 aromatic carbocycles. The van der Waals surface area contributed by atoms with Crippen molar-refractivity contribution in [2.24, 2.45) is 11.8 Å². The molecule has 18 heteroatoms. The Bertz CT molecular complexity index is 1870. The van der Waals surface area contributed by atoms with E-state index in [1.54, 1.807) is 26.8 Å². The van der Waals surface area contributed by atoms with Crippen molar-refractivity contribution in [3.63, 3.8) is 0 Å². The highest BCUT2D eigenvalue weighted by molar-refractivity contribution is 7.89. The van der Waals surface area contributed by atoms with Crippen LogP contribution in [-0.4, -0.2) is 151 Å². The lowest BCUT2D eigenvalue weighted by atomic mass is 9.82. The van der Waals surface area contributed by atoms with Gasteiger partial charge < -0.3 is 44.3 Å². The average molecular weight is 967 g/mol. The number of Topliss-reactive ketones (excluding diaryl/α,β-unsaturated/α-hetero) is 3. The van der Waals surface area contributed by atoms with Crippen molar-refractivity contribution in [2.75, 3.05) is 33.1 Å². The third kappa shape index (κ3) is 17.5. The molecule has 3 rings (SSSR count). The van der Waals surface area contributed by atoms with Gasteiger partial charge >= 0.3 is 5.97 Å². The highest BCUT2D eigenvalue weighted by Gasteiger charge is 2.53. The molecule has 380 valence electrons. The number of sulfonamides is 1. The molecule has 0 aromatic rings.